The number of amides is 1. The molecule has 6 nitrogen and oxygen atoms in total. The lowest BCUT2D eigenvalue weighted by Gasteiger charge is -2.36. The SMILES string of the molecule is O=C(NCCCN1CCNCC1CCO)OCc1ccccc1. The number of benzene rings is 1. The van der Waals surface area contributed by atoms with E-state index in [-0.39, 0.29) is 12.7 Å². The van der Waals surface area contributed by atoms with Gasteiger partial charge in [-0.05, 0) is 18.4 Å². The van der Waals surface area contributed by atoms with Gasteiger partial charge >= 0.3 is 6.09 Å². The standard InChI is InChI=1S/C17H27N3O3/c21-12-7-16-13-18-9-11-20(16)10-4-8-19-17(22)23-14-15-5-2-1-3-6-15/h1-3,5-6,16,18,21H,4,7-14H2,(H,19,22). The summed E-state index contributed by atoms with van der Waals surface area (Å²) >= 11 is 0. The second-order valence-electron chi connectivity index (χ2n) is 5.75. The normalized spacial score (nSPS) is 18.6. The first-order valence-corrected chi connectivity index (χ1v) is 8.30. The maximum atomic E-state index is 11.6. The van der Waals surface area contributed by atoms with E-state index in [9.17, 15) is 4.79 Å². The van der Waals surface area contributed by atoms with Crippen LogP contribution in [-0.2, 0) is 11.3 Å². The van der Waals surface area contributed by atoms with Crippen LogP contribution in [0.15, 0.2) is 30.3 Å². The highest BCUT2D eigenvalue weighted by atomic mass is 16.5. The molecule has 1 aliphatic rings. The number of carbonyl (C=O) groups is 1. The van der Waals surface area contributed by atoms with Gasteiger partial charge in [-0.3, -0.25) is 4.90 Å². The van der Waals surface area contributed by atoms with E-state index in [1.807, 2.05) is 30.3 Å². The molecule has 0 spiro atoms. The van der Waals surface area contributed by atoms with Gasteiger partial charge in [0.15, 0.2) is 0 Å². The summed E-state index contributed by atoms with van der Waals surface area (Å²) in [6.45, 7) is 4.93. The van der Waals surface area contributed by atoms with Gasteiger partial charge in [-0.15, -0.1) is 0 Å². The second-order valence-corrected chi connectivity index (χ2v) is 5.75. The average Bonchev–Trinajstić information content (AvgIpc) is 2.59. The Hall–Kier alpha value is -1.63. The lowest BCUT2D eigenvalue weighted by molar-refractivity contribution is 0.125. The van der Waals surface area contributed by atoms with E-state index in [1.165, 1.54) is 0 Å². The molecule has 0 bridgehead atoms. The van der Waals surface area contributed by atoms with Gasteiger partial charge in [0.2, 0.25) is 0 Å². The molecule has 1 unspecified atom stereocenters. The van der Waals surface area contributed by atoms with Crippen LogP contribution < -0.4 is 10.6 Å². The van der Waals surface area contributed by atoms with Gasteiger partial charge in [-0.25, -0.2) is 4.79 Å². The molecule has 23 heavy (non-hydrogen) atoms. The molecule has 1 heterocycles. The van der Waals surface area contributed by atoms with Crippen molar-refractivity contribution in [3.05, 3.63) is 35.9 Å². The number of carbonyl (C=O) groups excluding carboxylic acids is 1. The predicted molar refractivity (Wildman–Crippen MR) is 89.2 cm³/mol. The van der Waals surface area contributed by atoms with Crippen molar-refractivity contribution in [1.82, 2.24) is 15.5 Å². The maximum absolute atomic E-state index is 11.6. The van der Waals surface area contributed by atoms with Crippen molar-refractivity contribution in [2.24, 2.45) is 0 Å². The molecule has 0 radical (unpaired) electrons. The van der Waals surface area contributed by atoms with Crippen molar-refractivity contribution in [2.45, 2.75) is 25.5 Å². The zero-order valence-electron chi connectivity index (χ0n) is 13.5. The van der Waals surface area contributed by atoms with E-state index in [1.54, 1.807) is 0 Å². The first kappa shape index (κ1) is 17.7. The van der Waals surface area contributed by atoms with Gasteiger partial charge in [-0.2, -0.15) is 0 Å². The Morgan fingerprint density at radius 3 is 3.00 bits per heavy atom. The summed E-state index contributed by atoms with van der Waals surface area (Å²) in [6.07, 6.45) is 1.29. The molecule has 6 heteroatoms. The third-order valence-corrected chi connectivity index (χ3v) is 4.04. The number of rotatable bonds is 8. The molecule has 2 rings (SSSR count). The molecule has 0 aromatic heterocycles. The Morgan fingerprint density at radius 2 is 2.22 bits per heavy atom. The van der Waals surface area contributed by atoms with E-state index in [2.05, 4.69) is 15.5 Å². The van der Waals surface area contributed by atoms with Gasteiger partial charge in [-0.1, -0.05) is 30.3 Å². The predicted octanol–water partition coefficient (Wildman–Crippen LogP) is 0.959. The number of hydrogen-bond donors (Lipinski definition) is 3. The lowest BCUT2D eigenvalue weighted by Crippen LogP contribution is -2.52. The molecule has 1 atom stereocenters. The number of piperazine rings is 1. The molecule has 0 aliphatic carbocycles. The fourth-order valence-electron chi connectivity index (χ4n) is 2.78. The van der Waals surface area contributed by atoms with Crippen LogP contribution in [0.25, 0.3) is 0 Å². The Labute approximate surface area is 137 Å². The largest absolute Gasteiger partial charge is 0.445 e. The van der Waals surface area contributed by atoms with Crippen molar-refractivity contribution in [2.75, 3.05) is 39.3 Å². The number of alkyl carbamates (subject to hydrolysis) is 1. The van der Waals surface area contributed by atoms with Crippen LogP contribution in [0.3, 0.4) is 0 Å². The molecular weight excluding hydrogens is 294 g/mol. The highest BCUT2D eigenvalue weighted by molar-refractivity contribution is 5.67. The molecular formula is C17H27N3O3. The Morgan fingerprint density at radius 1 is 1.39 bits per heavy atom. The van der Waals surface area contributed by atoms with Gasteiger partial charge < -0.3 is 20.5 Å². The zero-order valence-corrected chi connectivity index (χ0v) is 13.5. The van der Waals surface area contributed by atoms with Crippen LogP contribution in [0.2, 0.25) is 0 Å². The minimum absolute atomic E-state index is 0.215. The highest BCUT2D eigenvalue weighted by Gasteiger charge is 2.20. The summed E-state index contributed by atoms with van der Waals surface area (Å²) < 4.78 is 5.17. The zero-order chi connectivity index (χ0) is 16.3. The van der Waals surface area contributed by atoms with E-state index >= 15 is 0 Å². The van der Waals surface area contributed by atoms with Gasteiger partial charge in [0.05, 0.1) is 0 Å². The molecule has 128 valence electrons. The summed E-state index contributed by atoms with van der Waals surface area (Å²) in [5, 5.41) is 15.2. The second kappa shape index (κ2) is 10.2. The summed E-state index contributed by atoms with van der Waals surface area (Å²) in [4.78, 5) is 14.0. The number of aliphatic hydroxyl groups excluding tert-OH is 1. The highest BCUT2D eigenvalue weighted by Crippen LogP contribution is 2.07. The Balaban J connectivity index is 1.58. The summed E-state index contributed by atoms with van der Waals surface area (Å²) in [6, 6.07) is 10.0. The number of nitrogens with zero attached hydrogens (tertiary/aromatic N) is 1. The van der Waals surface area contributed by atoms with Crippen molar-refractivity contribution >= 4 is 6.09 Å². The van der Waals surface area contributed by atoms with Crippen molar-refractivity contribution < 1.29 is 14.6 Å². The van der Waals surface area contributed by atoms with E-state index in [0.29, 0.717) is 19.2 Å². The van der Waals surface area contributed by atoms with E-state index < -0.39 is 0 Å². The molecule has 1 amide bonds. The molecule has 1 aliphatic heterocycles. The van der Waals surface area contributed by atoms with Gasteiger partial charge in [0.25, 0.3) is 0 Å². The molecule has 3 N–H and O–H groups in total. The molecule has 1 saturated heterocycles. The Bertz CT molecular complexity index is 454. The number of aliphatic hydroxyl groups is 1. The third kappa shape index (κ3) is 6.56. The number of hydrogen-bond acceptors (Lipinski definition) is 5. The first-order chi connectivity index (χ1) is 11.3. The van der Waals surface area contributed by atoms with Crippen LogP contribution in [0.4, 0.5) is 4.79 Å². The summed E-state index contributed by atoms with van der Waals surface area (Å²) in [5.41, 5.74) is 0.982. The quantitative estimate of drug-likeness (QED) is 0.622. The summed E-state index contributed by atoms with van der Waals surface area (Å²) in [7, 11) is 0. The Kier molecular flexibility index (Phi) is 7.86. The van der Waals surface area contributed by atoms with Crippen molar-refractivity contribution in [1.29, 1.82) is 0 Å². The lowest BCUT2D eigenvalue weighted by atomic mass is 10.1. The van der Waals surface area contributed by atoms with Crippen LogP contribution in [-0.4, -0.2) is 61.5 Å². The molecule has 0 saturated carbocycles. The molecule has 1 aromatic rings. The topological polar surface area (TPSA) is 73.8 Å². The third-order valence-electron chi connectivity index (χ3n) is 4.04. The minimum Gasteiger partial charge on any atom is -0.445 e. The molecule has 1 aromatic carbocycles. The monoisotopic (exact) mass is 321 g/mol. The molecule has 1 fully saturated rings. The maximum Gasteiger partial charge on any atom is 0.407 e. The summed E-state index contributed by atoms with van der Waals surface area (Å²) in [5.74, 6) is 0. The number of ether oxygens (including phenoxy) is 1. The number of nitrogens with one attached hydrogen (secondary N) is 2. The van der Waals surface area contributed by atoms with E-state index in [4.69, 9.17) is 9.84 Å². The van der Waals surface area contributed by atoms with Crippen LogP contribution in [0, 0.1) is 0 Å². The van der Waals surface area contributed by atoms with Crippen molar-refractivity contribution in [3.8, 4) is 0 Å². The fraction of sp³-hybridized carbons (Fsp3) is 0.588. The van der Waals surface area contributed by atoms with Crippen molar-refractivity contribution in [3.63, 3.8) is 0 Å². The van der Waals surface area contributed by atoms with E-state index in [0.717, 1.165) is 44.6 Å². The van der Waals surface area contributed by atoms with Crippen LogP contribution in [0.5, 0.6) is 0 Å². The van der Waals surface area contributed by atoms with Crippen LogP contribution in [0.1, 0.15) is 18.4 Å². The van der Waals surface area contributed by atoms with Crippen LogP contribution >= 0.6 is 0 Å². The average molecular weight is 321 g/mol. The van der Waals surface area contributed by atoms with Gasteiger partial charge in [0.1, 0.15) is 6.61 Å². The first-order valence-electron chi connectivity index (χ1n) is 8.30. The van der Waals surface area contributed by atoms with Gasteiger partial charge in [0, 0.05) is 45.4 Å². The fourth-order valence-corrected chi connectivity index (χ4v) is 2.78. The minimum atomic E-state index is -0.374. The smallest absolute Gasteiger partial charge is 0.407 e.